The van der Waals surface area contributed by atoms with E-state index in [9.17, 15) is 24.0 Å². The van der Waals surface area contributed by atoms with Crippen LogP contribution in [0.15, 0.2) is 82.6 Å². The molecule has 3 aromatic rings. The molecule has 4 aliphatic rings. The predicted octanol–water partition coefficient (Wildman–Crippen LogP) is 33.3. The number of phenols is 2. The third-order valence-electron chi connectivity index (χ3n) is 10.4. The van der Waals surface area contributed by atoms with Gasteiger partial charge in [-0.3, -0.25) is 24.1 Å². The van der Waals surface area contributed by atoms with E-state index in [1.54, 1.807) is 50.1 Å². The SMILES string of the molecule is C.C.C.C.C.C.C.C.C.C.C.C.C.C.C.C.C.C.C.C#CCNC(=O)CC.C#CCNC(=O)CCC.CCC.CCC.CCC.CCC.CCC.CCC.CCC.CCC.CCC(C)=O.CCOC1C#CCCCCC1.CCSSc1ccccn1.CCc1ccc(O)c(O)c1.CCc1ccco1.CN1C(=O)C2C3C=CC(O3)C2C1=O. The number of amides is 4. The summed E-state index contributed by atoms with van der Waals surface area (Å²) in [6.45, 7) is 50.9. The first-order valence-electron chi connectivity index (χ1n) is 36.3. The standard InChI is InChI=1S/C10H16O.C9H9NO3.C8H10O2.C7H11NO.C7H9NS2.C6H9NO.C6H8O.C4H8O.8C3H8.19CH4/c1-2-11-10-8-6-4-3-5-7-9-10;1-10-8(11)6-4-2-3-5(13-4)7(6)9(10)12;1-2-6-3-4-7(9)8(10)5-6;1-3-5-7(9)8-6-4-2;1-2-9-10-7-5-3-4-6-8-7;1-3-5-7-6(8)4-2;1-2-6-4-3-5-7-6;1-3-4(2)5;8*1-3-2;;;;;;;;;;;;;;;;;;;/h10H,2-6,8H2,1H3;2-7H,1H3;3-5,9-10H,2H2,1H3;2H,3,5-6H2,1H3,(H,8,9);3-6H,2H2,1H3;1H,4-5H2,2H3,(H,7,8);3-5H,2H2,1H3;3H2,1-2H3;8*3H2,1-2H3;19*1H4. The lowest BCUT2D eigenvalue weighted by Gasteiger charge is -2.11. The number of furan rings is 1. The normalized spacial score (nSPS) is 12.5. The van der Waals surface area contributed by atoms with Crippen LogP contribution in [-0.4, -0.2) is 100 Å². The van der Waals surface area contributed by atoms with Crippen molar-refractivity contribution < 1.29 is 48.1 Å². The first-order chi connectivity index (χ1) is 46.4. The Bertz CT molecular complexity index is 2290. The largest absolute Gasteiger partial charge is 0.504 e. The number of carbonyl (C=O) groups excluding carboxylic acids is 5. The molecule has 14 nitrogen and oxygen atoms in total. The number of ether oxygens (including phenoxy) is 2. The fourth-order valence-corrected chi connectivity index (χ4v) is 7.80. The lowest BCUT2D eigenvalue weighted by Crippen LogP contribution is -2.30. The topological polar surface area (TPSA) is 198 Å². The molecule has 2 bridgehead atoms. The summed E-state index contributed by atoms with van der Waals surface area (Å²) in [5.74, 6) is 12.6. The molecular weight excluding hydrogens is 1480 g/mol. The quantitative estimate of drug-likeness (QED) is 0.0415. The number of aromatic nitrogens is 1. The number of rotatable bonds is 13. The smallest absolute Gasteiger partial charge is 0.235 e. The summed E-state index contributed by atoms with van der Waals surface area (Å²) in [6.07, 6.45) is 37.5. The summed E-state index contributed by atoms with van der Waals surface area (Å²) < 4.78 is 15.9. The number of likely N-dealkylation sites (tertiary alicyclic amines) is 1. The monoisotopic (exact) mass is 1700 g/mol. The number of nitrogens with one attached hydrogen (secondary N) is 2. The average Bonchev–Trinajstić information content (AvgIpc) is 1.58. The Hall–Kier alpha value is -5.96. The minimum absolute atomic E-state index is 0. The minimum atomic E-state index is -0.243. The number of fused-ring (bicyclic) bond motifs is 5. The Balaban J connectivity index is -0.0000000278. The molecule has 16 heteroatoms. The zero-order valence-corrected chi connectivity index (χ0v) is 67.7. The molecule has 0 spiro atoms. The van der Waals surface area contributed by atoms with E-state index in [-0.39, 0.29) is 212 Å². The van der Waals surface area contributed by atoms with E-state index >= 15 is 0 Å². The van der Waals surface area contributed by atoms with Crippen molar-refractivity contribution >= 4 is 51.0 Å². The Morgan fingerprint density at radius 1 is 0.552 bits per heavy atom. The van der Waals surface area contributed by atoms with Crippen molar-refractivity contribution in [1.82, 2.24) is 20.5 Å². The van der Waals surface area contributed by atoms with Crippen LogP contribution < -0.4 is 10.6 Å². The molecule has 2 aromatic heterocycles. The van der Waals surface area contributed by atoms with Gasteiger partial charge in [-0.15, -0.1) is 18.8 Å². The van der Waals surface area contributed by atoms with Gasteiger partial charge in [0.2, 0.25) is 23.6 Å². The number of hydrogen-bond donors (Lipinski definition) is 4. The molecule has 0 radical (unpaired) electrons. The highest BCUT2D eigenvalue weighted by Gasteiger charge is 2.59. The van der Waals surface area contributed by atoms with Gasteiger partial charge in [-0.25, -0.2) is 4.98 Å². The van der Waals surface area contributed by atoms with Gasteiger partial charge < -0.3 is 39.5 Å². The van der Waals surface area contributed by atoms with Crippen LogP contribution >= 0.6 is 21.6 Å². The Kier molecular flexibility index (Phi) is 269. The van der Waals surface area contributed by atoms with Gasteiger partial charge in [-0.2, -0.15) is 0 Å². The van der Waals surface area contributed by atoms with Gasteiger partial charge in [0.15, 0.2) is 11.5 Å². The van der Waals surface area contributed by atoms with Crippen molar-refractivity contribution in [2.45, 2.75) is 453 Å². The number of aryl methyl sites for hydroxylation is 2. The Morgan fingerprint density at radius 2 is 0.957 bits per heavy atom. The molecule has 4 N–H and O–H groups in total. The van der Waals surface area contributed by atoms with Gasteiger partial charge in [-0.05, 0) is 98.7 Å². The molecular formula is C100H220N4O10S2. The number of ketones is 1. The molecule has 116 heavy (non-hydrogen) atoms. The number of pyridine rings is 1. The molecule has 0 saturated carbocycles. The maximum absolute atomic E-state index is 11.6. The Morgan fingerprint density at radius 3 is 1.25 bits per heavy atom. The lowest BCUT2D eigenvalue weighted by atomic mass is 9.85. The first kappa shape index (κ1) is 194. The van der Waals surface area contributed by atoms with Crippen LogP contribution in [0.4, 0.5) is 0 Å². The molecule has 1 aromatic carbocycles. The van der Waals surface area contributed by atoms with E-state index in [4.69, 9.17) is 37.0 Å². The van der Waals surface area contributed by atoms with Gasteiger partial charge in [0.25, 0.3) is 0 Å². The molecule has 2 saturated heterocycles. The summed E-state index contributed by atoms with van der Waals surface area (Å²) in [6, 6.07) is 14.7. The summed E-state index contributed by atoms with van der Waals surface area (Å²) in [5.41, 5.74) is 1.02. The molecule has 7 rings (SSSR count). The van der Waals surface area contributed by atoms with E-state index in [0.29, 0.717) is 32.4 Å². The van der Waals surface area contributed by atoms with E-state index < -0.39 is 0 Å². The van der Waals surface area contributed by atoms with Crippen molar-refractivity contribution in [3.05, 3.63) is 84.5 Å². The highest BCUT2D eigenvalue weighted by Crippen LogP contribution is 2.44. The number of Topliss-reactive ketones (excluding diaryl/α,β-unsaturated/α-hetero) is 1. The summed E-state index contributed by atoms with van der Waals surface area (Å²) in [4.78, 5) is 59.3. The lowest BCUT2D eigenvalue weighted by molar-refractivity contribution is -0.140. The molecule has 5 heterocycles. The number of carbonyl (C=O) groups is 5. The van der Waals surface area contributed by atoms with Crippen LogP contribution in [-0.2, 0) is 46.3 Å². The maximum atomic E-state index is 11.6. The molecule has 1 aliphatic carbocycles. The highest BCUT2D eigenvalue weighted by molar-refractivity contribution is 8.76. The van der Waals surface area contributed by atoms with E-state index in [1.807, 2.05) is 87.2 Å². The summed E-state index contributed by atoms with van der Waals surface area (Å²) in [7, 11) is 5.09. The van der Waals surface area contributed by atoms with Gasteiger partial charge in [0.1, 0.15) is 22.7 Å². The molecule has 2 fully saturated rings. The van der Waals surface area contributed by atoms with Crippen molar-refractivity contribution in [2.24, 2.45) is 11.8 Å². The van der Waals surface area contributed by atoms with Crippen LogP contribution in [0.3, 0.4) is 0 Å². The van der Waals surface area contributed by atoms with E-state index in [2.05, 4.69) is 164 Å². The molecule has 4 amide bonds. The van der Waals surface area contributed by atoms with Gasteiger partial charge >= 0.3 is 0 Å². The van der Waals surface area contributed by atoms with Gasteiger partial charge in [0.05, 0.1) is 43.4 Å². The van der Waals surface area contributed by atoms with E-state index in [0.717, 1.165) is 60.8 Å². The van der Waals surface area contributed by atoms with Crippen molar-refractivity contribution in [3.63, 3.8) is 0 Å². The highest BCUT2D eigenvalue weighted by atomic mass is 33.1. The minimum Gasteiger partial charge on any atom is -0.504 e. The van der Waals surface area contributed by atoms with Crippen LogP contribution in [0.25, 0.3) is 0 Å². The molecule has 5 unspecified atom stereocenters. The number of nitrogens with zero attached hydrogens (tertiary/aromatic N) is 2. The number of phenolic OH excluding ortho intramolecular Hbond substituents is 2. The number of aromatic hydroxyl groups is 2. The maximum Gasteiger partial charge on any atom is 0.235 e. The van der Waals surface area contributed by atoms with Crippen LogP contribution in [0.1, 0.15) is 428 Å². The van der Waals surface area contributed by atoms with Crippen molar-refractivity contribution in [1.29, 1.82) is 0 Å². The number of imide groups is 1. The van der Waals surface area contributed by atoms with Crippen LogP contribution in [0.2, 0.25) is 0 Å². The fraction of sp³-hybridized carbons (Fsp3) is 0.720. The third-order valence-corrected chi connectivity index (χ3v) is 12.7. The predicted molar refractivity (Wildman–Crippen MR) is 550 cm³/mol. The third kappa shape index (κ3) is 137. The first-order valence-corrected chi connectivity index (χ1v) is 38.6. The van der Waals surface area contributed by atoms with E-state index in [1.165, 1.54) is 81.6 Å². The molecule has 3 aliphatic heterocycles. The average molecular weight is 1700 g/mol. The number of terminal acetylenes is 2. The second-order valence-corrected chi connectivity index (χ2v) is 24.3. The fourth-order valence-electron chi connectivity index (χ4n) is 6.31. The van der Waals surface area contributed by atoms with Crippen LogP contribution in [0, 0.1) is 48.4 Å². The second kappa shape index (κ2) is 161. The second-order valence-electron chi connectivity index (χ2n) is 21.6. The zero-order chi connectivity index (χ0) is 76.5. The molecule has 5 atom stereocenters. The van der Waals surface area contributed by atoms with Crippen molar-refractivity contribution in [2.75, 3.05) is 32.5 Å². The van der Waals surface area contributed by atoms with Gasteiger partial charge in [-0.1, -0.05) is 404 Å². The summed E-state index contributed by atoms with van der Waals surface area (Å²) >= 11 is 0. The van der Waals surface area contributed by atoms with Gasteiger partial charge in [0, 0.05) is 57.7 Å². The zero-order valence-electron chi connectivity index (χ0n) is 66.1. The number of benzene rings is 1. The number of hydrogen-bond acceptors (Lipinski definition) is 13. The van der Waals surface area contributed by atoms with Crippen LogP contribution in [0.5, 0.6) is 11.5 Å². The Labute approximate surface area is 744 Å². The summed E-state index contributed by atoms with van der Waals surface area (Å²) in [5, 5.41) is 24.0. The molecule has 712 valence electrons. The van der Waals surface area contributed by atoms with Crippen molar-refractivity contribution in [3.8, 4) is 48.0 Å².